The van der Waals surface area contributed by atoms with Crippen LogP contribution in [0.5, 0.6) is 0 Å². The zero-order valence-corrected chi connectivity index (χ0v) is 20.7. The fourth-order valence-electron chi connectivity index (χ4n) is 4.36. The summed E-state index contributed by atoms with van der Waals surface area (Å²) in [7, 11) is 0. The van der Waals surface area contributed by atoms with Crippen molar-refractivity contribution in [1.82, 2.24) is 24.6 Å². The van der Waals surface area contributed by atoms with Gasteiger partial charge < -0.3 is 21.1 Å². The predicted molar refractivity (Wildman–Crippen MR) is 140 cm³/mol. The Morgan fingerprint density at radius 3 is 2.66 bits per heavy atom. The third kappa shape index (κ3) is 4.50. The summed E-state index contributed by atoms with van der Waals surface area (Å²) >= 11 is 2.20. The molecule has 0 aliphatic carbocycles. The molecule has 2 amide bonds. The van der Waals surface area contributed by atoms with Gasteiger partial charge in [0, 0.05) is 36.6 Å². The zero-order chi connectivity index (χ0) is 24.5. The van der Waals surface area contributed by atoms with Crippen molar-refractivity contribution in [2.24, 2.45) is 0 Å². The number of nitrogen functional groups attached to an aromatic ring is 1. The maximum Gasteiger partial charge on any atom is 0.407 e. The van der Waals surface area contributed by atoms with E-state index in [4.69, 9.17) is 10.8 Å². The molecular weight excluding hydrogens is 561 g/mol. The molecule has 0 radical (unpaired) electrons. The van der Waals surface area contributed by atoms with E-state index in [0.29, 0.717) is 36.0 Å². The monoisotopic (exact) mass is 583 g/mol. The van der Waals surface area contributed by atoms with E-state index < -0.39 is 6.09 Å². The number of likely N-dealkylation sites (tertiary alicyclic amines) is 1. The number of amides is 2. The summed E-state index contributed by atoms with van der Waals surface area (Å²) in [6.07, 6.45) is 3.95. The number of piperidine rings is 1. The molecule has 1 aliphatic rings. The number of rotatable bonds is 4. The maximum absolute atomic E-state index is 12.6. The molecule has 1 atom stereocenters. The highest BCUT2D eigenvalue weighted by molar-refractivity contribution is 14.1. The molecule has 0 unspecified atom stereocenters. The number of hydrogen-bond donors (Lipinski definition) is 3. The van der Waals surface area contributed by atoms with Gasteiger partial charge in [-0.2, -0.15) is 5.10 Å². The van der Waals surface area contributed by atoms with Gasteiger partial charge >= 0.3 is 6.09 Å². The fourth-order valence-corrected chi connectivity index (χ4v) is 5.01. The van der Waals surface area contributed by atoms with Crippen molar-refractivity contribution >= 4 is 57.1 Å². The molecule has 4 N–H and O–H groups in total. The van der Waals surface area contributed by atoms with Crippen LogP contribution in [-0.4, -0.2) is 54.8 Å². The van der Waals surface area contributed by atoms with Crippen LogP contribution >= 0.6 is 22.6 Å². The average molecular weight is 583 g/mol. The van der Waals surface area contributed by atoms with E-state index in [0.717, 1.165) is 32.9 Å². The van der Waals surface area contributed by atoms with Crippen LogP contribution in [-0.2, 0) is 0 Å². The maximum atomic E-state index is 12.6. The summed E-state index contributed by atoms with van der Waals surface area (Å²) < 4.78 is 2.77. The smallest absolute Gasteiger partial charge is 0.407 e. The molecule has 11 heteroatoms. The molecule has 0 spiro atoms. The number of nitrogens with two attached hydrogens (primary N) is 1. The molecule has 1 aromatic carbocycles. The number of nitrogens with zero attached hydrogens (tertiary/aromatic N) is 5. The largest absolute Gasteiger partial charge is 0.465 e. The van der Waals surface area contributed by atoms with E-state index in [-0.39, 0.29) is 11.9 Å². The molecule has 1 aliphatic heterocycles. The van der Waals surface area contributed by atoms with Gasteiger partial charge in [-0.15, -0.1) is 0 Å². The summed E-state index contributed by atoms with van der Waals surface area (Å²) in [5, 5.41) is 17.9. The Balaban J connectivity index is 1.51. The van der Waals surface area contributed by atoms with Crippen molar-refractivity contribution in [3.05, 3.63) is 64.0 Å². The van der Waals surface area contributed by atoms with Gasteiger partial charge in [0.2, 0.25) is 0 Å². The van der Waals surface area contributed by atoms with Crippen LogP contribution < -0.4 is 11.1 Å². The third-order valence-electron chi connectivity index (χ3n) is 6.05. The van der Waals surface area contributed by atoms with Gasteiger partial charge in [-0.25, -0.2) is 14.8 Å². The SMILES string of the molecule is Nc1ncc(I)c2c1c(-c1ccc(C(=O)Nc3ccccn3)cc1)nn2[C@@H]1CCCN(C(=O)O)C1. The summed E-state index contributed by atoms with van der Waals surface area (Å²) in [5.41, 5.74) is 9.05. The summed E-state index contributed by atoms with van der Waals surface area (Å²) in [6.45, 7) is 0.872. The number of halogens is 1. The molecule has 10 nitrogen and oxygen atoms in total. The normalized spacial score (nSPS) is 15.8. The van der Waals surface area contributed by atoms with Crippen LogP contribution in [0.4, 0.5) is 16.4 Å². The molecule has 1 saturated heterocycles. The minimum Gasteiger partial charge on any atom is -0.465 e. The van der Waals surface area contributed by atoms with Crippen LogP contribution in [0.25, 0.3) is 22.2 Å². The number of nitrogens with one attached hydrogen (secondary N) is 1. The first kappa shape index (κ1) is 23.0. The van der Waals surface area contributed by atoms with E-state index in [1.54, 1.807) is 42.7 Å². The average Bonchev–Trinajstić information content (AvgIpc) is 3.29. The number of carbonyl (C=O) groups is 2. The van der Waals surface area contributed by atoms with E-state index in [1.807, 2.05) is 16.8 Å². The lowest BCUT2D eigenvalue weighted by Crippen LogP contribution is -2.40. The quantitative estimate of drug-likeness (QED) is 0.306. The van der Waals surface area contributed by atoms with Crippen LogP contribution in [0.1, 0.15) is 29.2 Å². The van der Waals surface area contributed by atoms with Crippen molar-refractivity contribution in [2.75, 3.05) is 24.1 Å². The van der Waals surface area contributed by atoms with E-state index >= 15 is 0 Å². The molecule has 35 heavy (non-hydrogen) atoms. The molecule has 3 aromatic heterocycles. The second-order valence-electron chi connectivity index (χ2n) is 8.28. The Morgan fingerprint density at radius 2 is 1.94 bits per heavy atom. The molecule has 0 bridgehead atoms. The molecule has 1 fully saturated rings. The lowest BCUT2D eigenvalue weighted by atomic mass is 10.1. The fraction of sp³-hybridized carbons (Fsp3) is 0.208. The number of anilines is 2. The van der Waals surface area contributed by atoms with Gasteiger partial charge in [-0.3, -0.25) is 9.48 Å². The van der Waals surface area contributed by atoms with Gasteiger partial charge in [0.25, 0.3) is 5.91 Å². The van der Waals surface area contributed by atoms with Crippen LogP contribution in [0.3, 0.4) is 0 Å². The number of carbonyl (C=O) groups excluding carboxylic acids is 1. The number of hydrogen-bond acceptors (Lipinski definition) is 6. The first-order chi connectivity index (χ1) is 16.9. The number of aromatic nitrogens is 4. The van der Waals surface area contributed by atoms with Crippen molar-refractivity contribution in [2.45, 2.75) is 18.9 Å². The first-order valence-electron chi connectivity index (χ1n) is 11.0. The Hall–Kier alpha value is -3.74. The Kier molecular flexibility index (Phi) is 6.24. The second-order valence-corrected chi connectivity index (χ2v) is 9.44. The van der Waals surface area contributed by atoms with Crippen molar-refractivity contribution < 1.29 is 14.7 Å². The van der Waals surface area contributed by atoms with Crippen LogP contribution in [0.15, 0.2) is 54.9 Å². The highest BCUT2D eigenvalue weighted by atomic mass is 127. The van der Waals surface area contributed by atoms with Crippen molar-refractivity contribution in [1.29, 1.82) is 0 Å². The standard InChI is InChI=1S/C24H22IN7O3/c25-17-12-28-22(26)19-20(30-32(21(17)19)16-4-3-11-31(13-16)24(34)35)14-6-8-15(9-7-14)23(33)29-18-5-1-2-10-27-18/h1-2,5-10,12,16H,3-4,11,13H2,(H2,26,28)(H,34,35)(H,27,29,33)/t16-/m1/s1. The number of benzene rings is 1. The van der Waals surface area contributed by atoms with E-state index in [1.165, 1.54) is 4.90 Å². The van der Waals surface area contributed by atoms with Gasteiger partial charge in [-0.1, -0.05) is 18.2 Å². The molecule has 0 saturated carbocycles. The van der Waals surface area contributed by atoms with Gasteiger partial charge in [0.05, 0.1) is 20.5 Å². The molecular formula is C24H22IN7O3. The highest BCUT2D eigenvalue weighted by Gasteiger charge is 2.29. The Labute approximate surface area is 214 Å². The van der Waals surface area contributed by atoms with Gasteiger partial charge in [-0.05, 0) is 59.7 Å². The lowest BCUT2D eigenvalue weighted by Gasteiger charge is -2.31. The van der Waals surface area contributed by atoms with Gasteiger partial charge in [0.1, 0.15) is 17.3 Å². The molecule has 4 aromatic rings. The Bertz CT molecular complexity index is 1410. The van der Waals surface area contributed by atoms with Crippen LogP contribution in [0, 0.1) is 3.57 Å². The summed E-state index contributed by atoms with van der Waals surface area (Å²) in [5.74, 6) is 0.560. The molecule has 178 valence electrons. The minimum absolute atomic E-state index is 0.116. The highest BCUT2D eigenvalue weighted by Crippen LogP contribution is 2.37. The number of fused-ring (bicyclic) bond motifs is 1. The summed E-state index contributed by atoms with van der Waals surface area (Å²) in [4.78, 5) is 34.1. The predicted octanol–water partition coefficient (Wildman–Crippen LogP) is 4.25. The number of pyridine rings is 2. The van der Waals surface area contributed by atoms with Crippen molar-refractivity contribution in [3.63, 3.8) is 0 Å². The minimum atomic E-state index is -0.929. The Morgan fingerprint density at radius 1 is 1.14 bits per heavy atom. The topological polar surface area (TPSA) is 139 Å². The number of carboxylic acid groups (broad SMARTS) is 1. The van der Waals surface area contributed by atoms with E-state index in [9.17, 15) is 14.7 Å². The van der Waals surface area contributed by atoms with Gasteiger partial charge in [0.15, 0.2) is 0 Å². The second kappa shape index (κ2) is 9.49. The first-order valence-corrected chi connectivity index (χ1v) is 12.1. The van der Waals surface area contributed by atoms with Crippen LogP contribution in [0.2, 0.25) is 0 Å². The molecule has 5 rings (SSSR count). The molecule has 4 heterocycles. The van der Waals surface area contributed by atoms with Crippen molar-refractivity contribution in [3.8, 4) is 11.3 Å². The summed E-state index contributed by atoms with van der Waals surface area (Å²) in [6, 6.07) is 12.3. The third-order valence-corrected chi connectivity index (χ3v) is 6.84. The lowest BCUT2D eigenvalue weighted by molar-refractivity contribution is 0.102. The van der Waals surface area contributed by atoms with E-state index in [2.05, 4.69) is 37.9 Å². The zero-order valence-electron chi connectivity index (χ0n) is 18.6.